The first-order valence-corrected chi connectivity index (χ1v) is 12.1. The summed E-state index contributed by atoms with van der Waals surface area (Å²) in [6, 6.07) is 8.79. The monoisotopic (exact) mass is 431 g/mol. The molecule has 0 unspecified atom stereocenters. The van der Waals surface area contributed by atoms with Crippen molar-refractivity contribution in [3.8, 4) is 5.75 Å². The minimum atomic E-state index is 0.521. The Morgan fingerprint density at radius 1 is 1.07 bits per heavy atom. The molecule has 30 heavy (non-hydrogen) atoms. The summed E-state index contributed by atoms with van der Waals surface area (Å²) < 4.78 is 5.91. The van der Waals surface area contributed by atoms with E-state index in [0.29, 0.717) is 6.04 Å². The van der Waals surface area contributed by atoms with Gasteiger partial charge in [-0.2, -0.15) is 0 Å². The van der Waals surface area contributed by atoms with Crippen molar-refractivity contribution in [1.82, 2.24) is 10.2 Å². The zero-order valence-corrected chi connectivity index (χ0v) is 19.9. The van der Waals surface area contributed by atoms with Gasteiger partial charge in [-0.3, -0.25) is 0 Å². The van der Waals surface area contributed by atoms with Gasteiger partial charge < -0.3 is 19.9 Å². The first-order chi connectivity index (χ1) is 14.6. The molecule has 0 radical (unpaired) electrons. The van der Waals surface area contributed by atoms with Crippen LogP contribution in [0.25, 0.3) is 0 Å². The Morgan fingerprint density at radius 3 is 2.40 bits per heavy atom. The molecule has 0 aliphatic heterocycles. The molecule has 0 saturated heterocycles. The molecule has 1 saturated carbocycles. The maximum absolute atomic E-state index is 5.91. The van der Waals surface area contributed by atoms with Crippen molar-refractivity contribution in [1.29, 1.82) is 0 Å². The van der Waals surface area contributed by atoms with Gasteiger partial charge in [-0.05, 0) is 75.8 Å². The summed E-state index contributed by atoms with van der Waals surface area (Å²) in [6.45, 7) is 6.66. The van der Waals surface area contributed by atoms with E-state index in [0.717, 1.165) is 42.7 Å². The predicted octanol–water partition coefficient (Wildman–Crippen LogP) is 5.78. The molecule has 0 aromatic heterocycles. The lowest BCUT2D eigenvalue weighted by Crippen LogP contribution is -2.42. The second-order valence-electron chi connectivity index (χ2n) is 8.50. The third kappa shape index (κ3) is 9.48. The summed E-state index contributed by atoms with van der Waals surface area (Å²) in [5.74, 6) is 0.931. The van der Waals surface area contributed by atoms with Crippen LogP contribution in [0.5, 0.6) is 5.75 Å². The highest BCUT2D eigenvalue weighted by Crippen LogP contribution is 2.21. The third-order valence-corrected chi connectivity index (χ3v) is 6.25. The molecule has 0 heterocycles. The highest BCUT2D eigenvalue weighted by Gasteiger charge is 2.15. The minimum absolute atomic E-state index is 0.521. The van der Waals surface area contributed by atoms with Crippen LogP contribution in [0.1, 0.15) is 64.2 Å². The zero-order valence-electron chi connectivity index (χ0n) is 19.1. The number of nitrogens with one attached hydrogen (secondary N) is 1. The number of thiocarbonyl (C=S) groups is 1. The maximum atomic E-state index is 5.91. The molecular formula is C25H41N3OS. The molecule has 1 aliphatic carbocycles. The summed E-state index contributed by atoms with van der Waals surface area (Å²) in [7, 11) is 4.18. The molecule has 0 atom stereocenters. The molecule has 0 bridgehead atoms. The van der Waals surface area contributed by atoms with Gasteiger partial charge >= 0.3 is 0 Å². The van der Waals surface area contributed by atoms with Gasteiger partial charge in [0, 0.05) is 25.3 Å². The first kappa shape index (κ1) is 24.7. The number of anilines is 1. The van der Waals surface area contributed by atoms with Crippen molar-refractivity contribution < 1.29 is 4.74 Å². The van der Waals surface area contributed by atoms with E-state index < -0.39 is 0 Å². The van der Waals surface area contributed by atoms with E-state index in [4.69, 9.17) is 17.0 Å². The fourth-order valence-corrected chi connectivity index (χ4v) is 4.19. The normalized spacial score (nSPS) is 14.9. The van der Waals surface area contributed by atoms with Crippen LogP contribution in [0, 0.1) is 0 Å². The lowest BCUT2D eigenvalue weighted by atomic mass is 10.1. The summed E-state index contributed by atoms with van der Waals surface area (Å²) in [5.41, 5.74) is 1.09. The maximum Gasteiger partial charge on any atom is 0.173 e. The van der Waals surface area contributed by atoms with Crippen molar-refractivity contribution >= 4 is 23.0 Å². The molecule has 2 rings (SSSR count). The lowest BCUT2D eigenvalue weighted by molar-refractivity contribution is 0.300. The van der Waals surface area contributed by atoms with Crippen LogP contribution in [-0.4, -0.2) is 49.8 Å². The Kier molecular flexibility index (Phi) is 11.9. The molecule has 1 fully saturated rings. The number of unbranched alkanes of at least 4 members (excludes halogenated alkanes) is 3. The number of hydrogen-bond donors (Lipinski definition) is 1. The van der Waals surface area contributed by atoms with Crippen LogP contribution in [0.15, 0.2) is 36.9 Å². The number of hydrogen-bond acceptors (Lipinski definition) is 3. The quantitative estimate of drug-likeness (QED) is 0.196. The highest BCUT2D eigenvalue weighted by atomic mass is 32.1. The largest absolute Gasteiger partial charge is 0.494 e. The summed E-state index contributed by atoms with van der Waals surface area (Å²) in [4.78, 5) is 4.37. The number of benzene rings is 1. The Balaban J connectivity index is 1.63. The minimum Gasteiger partial charge on any atom is -0.494 e. The second-order valence-corrected chi connectivity index (χ2v) is 8.89. The van der Waals surface area contributed by atoms with E-state index in [-0.39, 0.29) is 0 Å². The molecular weight excluding hydrogens is 390 g/mol. The topological polar surface area (TPSA) is 27.7 Å². The van der Waals surface area contributed by atoms with Gasteiger partial charge in [-0.25, -0.2) is 0 Å². The molecule has 1 aliphatic rings. The van der Waals surface area contributed by atoms with Gasteiger partial charge in [-0.1, -0.05) is 44.6 Å². The molecule has 1 aromatic rings. The Morgan fingerprint density at radius 2 is 1.73 bits per heavy atom. The van der Waals surface area contributed by atoms with E-state index in [1.54, 1.807) is 0 Å². The lowest BCUT2D eigenvalue weighted by Gasteiger charge is -2.25. The van der Waals surface area contributed by atoms with Gasteiger partial charge in [0.1, 0.15) is 5.75 Å². The Labute approximate surface area is 189 Å². The van der Waals surface area contributed by atoms with Crippen LogP contribution in [0.3, 0.4) is 0 Å². The van der Waals surface area contributed by atoms with Crippen LogP contribution in [0.4, 0.5) is 5.69 Å². The van der Waals surface area contributed by atoms with Crippen molar-refractivity contribution in [3.63, 3.8) is 0 Å². The smallest absolute Gasteiger partial charge is 0.173 e. The summed E-state index contributed by atoms with van der Waals surface area (Å²) >= 11 is 5.64. The van der Waals surface area contributed by atoms with Crippen molar-refractivity contribution in [2.24, 2.45) is 0 Å². The van der Waals surface area contributed by atoms with Crippen LogP contribution >= 0.6 is 12.2 Å². The van der Waals surface area contributed by atoms with Gasteiger partial charge in [0.2, 0.25) is 0 Å². The van der Waals surface area contributed by atoms with E-state index in [1.807, 2.05) is 25.3 Å². The number of likely N-dealkylation sites (N-methyl/N-ethyl adjacent to an activating group) is 1. The van der Waals surface area contributed by atoms with E-state index in [1.165, 1.54) is 57.8 Å². The van der Waals surface area contributed by atoms with Crippen LogP contribution in [-0.2, 0) is 0 Å². The predicted molar refractivity (Wildman–Crippen MR) is 134 cm³/mol. The molecule has 0 spiro atoms. The highest BCUT2D eigenvalue weighted by molar-refractivity contribution is 7.80. The second kappa shape index (κ2) is 14.4. The molecule has 168 valence electrons. The van der Waals surface area contributed by atoms with Gasteiger partial charge in [0.15, 0.2) is 5.11 Å². The van der Waals surface area contributed by atoms with E-state index in [9.17, 15) is 0 Å². The number of nitrogens with zero attached hydrogens (tertiary/aromatic N) is 2. The molecule has 4 nitrogen and oxygen atoms in total. The van der Waals surface area contributed by atoms with Crippen LogP contribution in [0.2, 0.25) is 0 Å². The first-order valence-electron chi connectivity index (χ1n) is 11.7. The zero-order chi connectivity index (χ0) is 21.6. The van der Waals surface area contributed by atoms with Crippen molar-refractivity contribution in [2.45, 2.75) is 70.3 Å². The van der Waals surface area contributed by atoms with Crippen molar-refractivity contribution in [3.05, 3.63) is 36.9 Å². The van der Waals surface area contributed by atoms with E-state index >= 15 is 0 Å². The summed E-state index contributed by atoms with van der Waals surface area (Å²) in [6.07, 6.45) is 14.5. The van der Waals surface area contributed by atoms with Crippen molar-refractivity contribution in [2.75, 3.05) is 38.7 Å². The number of ether oxygens (including phenoxy) is 1. The van der Waals surface area contributed by atoms with E-state index in [2.05, 4.69) is 40.9 Å². The standard InChI is InChI=1S/C25H41N3OS/c1-4-19-27(2)20-11-7-8-12-21-29-24-17-15-23(16-18-24)28(3)25(30)26-22-13-9-5-6-10-14-22/h4,15-18,22H,1,5-14,19-21H2,2-3H3,(H,26,30). The molecule has 5 heteroatoms. The Hall–Kier alpha value is -1.59. The fourth-order valence-electron chi connectivity index (χ4n) is 3.92. The molecule has 0 amide bonds. The SMILES string of the molecule is C=CCN(C)CCCCCCOc1ccc(N(C)C(=S)NC2CCCCCC2)cc1. The average molecular weight is 432 g/mol. The van der Waals surface area contributed by atoms with Gasteiger partial charge in [0.25, 0.3) is 0 Å². The van der Waals surface area contributed by atoms with Gasteiger partial charge in [-0.15, -0.1) is 6.58 Å². The average Bonchev–Trinajstić information content (AvgIpc) is 3.02. The molecule has 1 N–H and O–H groups in total. The third-order valence-electron chi connectivity index (χ3n) is 5.86. The van der Waals surface area contributed by atoms with Crippen LogP contribution < -0.4 is 15.0 Å². The van der Waals surface area contributed by atoms with Gasteiger partial charge in [0.05, 0.1) is 6.61 Å². The Bertz CT molecular complexity index is 611. The number of rotatable bonds is 12. The fraction of sp³-hybridized carbons (Fsp3) is 0.640. The molecule has 1 aromatic carbocycles. The summed E-state index contributed by atoms with van der Waals surface area (Å²) in [5, 5.41) is 4.38.